The highest BCUT2D eigenvalue weighted by Crippen LogP contribution is 2.22. The van der Waals surface area contributed by atoms with Gasteiger partial charge in [-0.2, -0.15) is 9.98 Å². The van der Waals surface area contributed by atoms with Gasteiger partial charge in [0.05, 0.1) is 0 Å². The molecule has 0 saturated carbocycles. The second-order valence-corrected chi connectivity index (χ2v) is 4.73. The summed E-state index contributed by atoms with van der Waals surface area (Å²) in [5.41, 5.74) is 2.19. The Labute approximate surface area is 115 Å². The fraction of sp³-hybridized carbons (Fsp3) is 0.143. The number of amidine groups is 1. The van der Waals surface area contributed by atoms with Gasteiger partial charge in [-0.15, -0.1) is 0 Å². The maximum Gasteiger partial charge on any atom is 0.241 e. The highest BCUT2D eigenvalue weighted by atomic mass is 15.4. The summed E-state index contributed by atoms with van der Waals surface area (Å²) in [6.45, 7) is 4.07. The van der Waals surface area contributed by atoms with Crippen LogP contribution in [0, 0.1) is 13.8 Å². The van der Waals surface area contributed by atoms with Crippen molar-refractivity contribution in [3.8, 4) is 0 Å². The van der Waals surface area contributed by atoms with Gasteiger partial charge in [0.15, 0.2) is 0 Å². The molecular formula is C14H12N6. The molecule has 0 atom stereocenters. The molecule has 1 aromatic rings. The number of aryl methyl sites for hydroxylation is 2. The molecule has 0 N–H and O–H groups in total. The lowest BCUT2D eigenvalue weighted by atomic mass is 10.3. The summed E-state index contributed by atoms with van der Waals surface area (Å²) >= 11 is 0. The van der Waals surface area contributed by atoms with Crippen LogP contribution < -0.4 is 0 Å². The first-order valence-electron chi connectivity index (χ1n) is 6.35. The van der Waals surface area contributed by atoms with Gasteiger partial charge in [-0.3, -0.25) is 4.57 Å². The minimum absolute atomic E-state index is 0.600. The minimum atomic E-state index is 0.600. The number of guanidine groups is 1. The van der Waals surface area contributed by atoms with Gasteiger partial charge in [-0.05, 0) is 38.1 Å². The average Bonchev–Trinajstić information content (AvgIpc) is 2.79. The zero-order valence-corrected chi connectivity index (χ0v) is 11.1. The molecular weight excluding hydrogens is 252 g/mol. The van der Waals surface area contributed by atoms with Crippen molar-refractivity contribution < 1.29 is 0 Å². The number of rotatable bonds is 0. The molecule has 4 heterocycles. The first-order valence-corrected chi connectivity index (χ1v) is 6.35. The molecule has 6 nitrogen and oxygen atoms in total. The van der Waals surface area contributed by atoms with E-state index in [1.54, 1.807) is 0 Å². The summed E-state index contributed by atoms with van der Waals surface area (Å²) < 4.78 is 2.02. The van der Waals surface area contributed by atoms with Gasteiger partial charge < -0.3 is 0 Å². The van der Waals surface area contributed by atoms with Crippen LogP contribution in [0.15, 0.2) is 56.2 Å². The number of nitrogens with zero attached hydrogens (tertiary/aromatic N) is 6. The van der Waals surface area contributed by atoms with Crippen LogP contribution in [-0.4, -0.2) is 33.6 Å². The molecule has 0 bridgehead atoms. The van der Waals surface area contributed by atoms with Gasteiger partial charge in [-0.1, -0.05) is 6.08 Å². The Balaban J connectivity index is 1.91. The van der Waals surface area contributed by atoms with E-state index in [9.17, 15) is 0 Å². The number of hydrogen-bond donors (Lipinski definition) is 0. The van der Waals surface area contributed by atoms with E-state index >= 15 is 0 Å². The Morgan fingerprint density at radius 2 is 1.80 bits per heavy atom. The van der Waals surface area contributed by atoms with Crippen LogP contribution in [-0.2, 0) is 0 Å². The van der Waals surface area contributed by atoms with Gasteiger partial charge >= 0.3 is 0 Å². The Morgan fingerprint density at radius 3 is 2.60 bits per heavy atom. The number of hydrogen-bond acceptors (Lipinski definition) is 5. The fourth-order valence-electron chi connectivity index (χ4n) is 2.46. The third-order valence-corrected chi connectivity index (χ3v) is 3.40. The summed E-state index contributed by atoms with van der Waals surface area (Å²) in [6.07, 6.45) is 7.30. The molecule has 20 heavy (non-hydrogen) atoms. The lowest BCUT2D eigenvalue weighted by molar-refractivity contribution is 0.710. The summed E-state index contributed by atoms with van der Waals surface area (Å²) in [7, 11) is 0. The van der Waals surface area contributed by atoms with Gasteiger partial charge in [0, 0.05) is 11.4 Å². The highest BCUT2D eigenvalue weighted by Gasteiger charge is 2.29. The minimum Gasteiger partial charge on any atom is -0.287 e. The maximum atomic E-state index is 4.62. The normalized spacial score (nSPS) is 19.2. The predicted octanol–water partition coefficient (Wildman–Crippen LogP) is 1.83. The zero-order chi connectivity index (χ0) is 13.7. The topological polar surface area (TPSA) is 57.6 Å². The molecule has 0 amide bonds. The number of aromatic nitrogens is 1. The molecule has 6 heteroatoms. The molecule has 98 valence electrons. The first-order chi connectivity index (χ1) is 9.74. The van der Waals surface area contributed by atoms with Crippen molar-refractivity contribution in [2.75, 3.05) is 0 Å². The fourth-order valence-corrected chi connectivity index (χ4v) is 2.46. The summed E-state index contributed by atoms with van der Waals surface area (Å²) in [6, 6.07) is 4.10. The van der Waals surface area contributed by atoms with Crippen LogP contribution >= 0.6 is 0 Å². The van der Waals surface area contributed by atoms with Crippen molar-refractivity contribution in [1.82, 2.24) is 9.47 Å². The van der Waals surface area contributed by atoms with E-state index in [1.807, 2.05) is 41.5 Å². The third kappa shape index (κ3) is 1.45. The molecule has 0 saturated heterocycles. The molecule has 0 radical (unpaired) electrons. The molecule has 0 spiro atoms. The van der Waals surface area contributed by atoms with Crippen molar-refractivity contribution in [1.29, 1.82) is 0 Å². The van der Waals surface area contributed by atoms with E-state index in [1.165, 1.54) is 6.34 Å². The monoisotopic (exact) mass is 264 g/mol. The Bertz CT molecular complexity index is 763. The predicted molar refractivity (Wildman–Crippen MR) is 79.2 cm³/mol. The SMILES string of the molecule is Cc1ccc(C)n1C1=NC2=NC=NC3=CC=CC(=N1)N32. The van der Waals surface area contributed by atoms with E-state index in [0.717, 1.165) is 23.0 Å². The summed E-state index contributed by atoms with van der Waals surface area (Å²) in [5, 5.41) is 0. The second-order valence-electron chi connectivity index (χ2n) is 4.73. The van der Waals surface area contributed by atoms with E-state index in [4.69, 9.17) is 0 Å². The van der Waals surface area contributed by atoms with Gasteiger partial charge in [-0.25, -0.2) is 14.9 Å². The second kappa shape index (κ2) is 3.86. The van der Waals surface area contributed by atoms with E-state index in [0.29, 0.717) is 11.9 Å². The molecule has 4 rings (SSSR count). The third-order valence-electron chi connectivity index (χ3n) is 3.40. The quantitative estimate of drug-likeness (QED) is 0.705. The molecule has 0 fully saturated rings. The Hall–Kier alpha value is -2.76. The standard InChI is InChI=1S/C14H12N6/c1-9-6-7-10(2)19(9)14-17-12-5-3-4-11-15-8-16-13(18-14)20(11)12/h3-8H,1-2H3. The zero-order valence-electron chi connectivity index (χ0n) is 11.1. The molecule has 0 unspecified atom stereocenters. The van der Waals surface area contributed by atoms with Crippen LogP contribution in [0.1, 0.15) is 11.4 Å². The van der Waals surface area contributed by atoms with E-state index in [-0.39, 0.29) is 0 Å². The van der Waals surface area contributed by atoms with Crippen LogP contribution in [0.25, 0.3) is 0 Å². The van der Waals surface area contributed by atoms with Crippen molar-refractivity contribution in [2.24, 2.45) is 20.0 Å². The molecule has 3 aliphatic heterocycles. The van der Waals surface area contributed by atoms with Crippen molar-refractivity contribution in [2.45, 2.75) is 13.8 Å². The first kappa shape index (κ1) is 11.1. The molecule has 0 aromatic carbocycles. The highest BCUT2D eigenvalue weighted by molar-refractivity contribution is 6.19. The van der Waals surface area contributed by atoms with Crippen LogP contribution in [0.2, 0.25) is 0 Å². The molecule has 1 aromatic heterocycles. The van der Waals surface area contributed by atoms with E-state index in [2.05, 4.69) is 32.1 Å². The Morgan fingerprint density at radius 1 is 1.00 bits per heavy atom. The number of allylic oxidation sites excluding steroid dienone is 2. The lowest BCUT2D eigenvalue weighted by Gasteiger charge is -2.30. The van der Waals surface area contributed by atoms with Gasteiger partial charge in [0.2, 0.25) is 11.9 Å². The van der Waals surface area contributed by atoms with Gasteiger partial charge in [0.25, 0.3) is 0 Å². The molecule has 3 aliphatic rings. The summed E-state index contributed by atoms with van der Waals surface area (Å²) in [4.78, 5) is 19.5. The molecule has 0 aliphatic carbocycles. The van der Waals surface area contributed by atoms with Crippen molar-refractivity contribution in [3.05, 3.63) is 47.6 Å². The van der Waals surface area contributed by atoms with Crippen molar-refractivity contribution >= 4 is 24.1 Å². The maximum absolute atomic E-state index is 4.62. The summed E-state index contributed by atoms with van der Waals surface area (Å²) in [5.74, 6) is 2.81. The smallest absolute Gasteiger partial charge is 0.241 e. The largest absolute Gasteiger partial charge is 0.287 e. The Kier molecular flexibility index (Phi) is 2.14. The van der Waals surface area contributed by atoms with Crippen molar-refractivity contribution in [3.63, 3.8) is 0 Å². The average molecular weight is 264 g/mol. The van der Waals surface area contributed by atoms with Crippen LogP contribution in [0.4, 0.5) is 0 Å². The van der Waals surface area contributed by atoms with Gasteiger partial charge in [0.1, 0.15) is 18.0 Å². The number of aliphatic imine (C=N–C) groups is 4. The van der Waals surface area contributed by atoms with Crippen LogP contribution in [0.3, 0.4) is 0 Å². The van der Waals surface area contributed by atoms with Crippen LogP contribution in [0.5, 0.6) is 0 Å². The van der Waals surface area contributed by atoms with E-state index < -0.39 is 0 Å². The lowest BCUT2D eigenvalue weighted by Crippen LogP contribution is -2.41.